The van der Waals surface area contributed by atoms with E-state index in [9.17, 15) is 18.0 Å². The minimum absolute atomic E-state index is 0.0532. The van der Waals surface area contributed by atoms with Crippen molar-refractivity contribution in [1.29, 1.82) is 0 Å². The van der Waals surface area contributed by atoms with Gasteiger partial charge >= 0.3 is 5.97 Å². The lowest BCUT2D eigenvalue weighted by molar-refractivity contribution is -0.157. The van der Waals surface area contributed by atoms with Crippen molar-refractivity contribution in [3.63, 3.8) is 0 Å². The fourth-order valence-electron chi connectivity index (χ4n) is 2.40. The standard InChI is InChI=1S/C14H24O5S/c1-4-19-13(16)14(2,3)12(15)10-20(17,18)9-11-7-5-6-8-11/h11H,4-10H2,1-3H3. The van der Waals surface area contributed by atoms with E-state index in [0.29, 0.717) is 0 Å². The average molecular weight is 304 g/mol. The van der Waals surface area contributed by atoms with Gasteiger partial charge in [-0.25, -0.2) is 8.42 Å². The summed E-state index contributed by atoms with van der Waals surface area (Å²) in [6.07, 6.45) is 3.94. The minimum Gasteiger partial charge on any atom is -0.465 e. The highest BCUT2D eigenvalue weighted by Crippen LogP contribution is 2.27. The molecule has 1 aliphatic rings. The van der Waals surface area contributed by atoms with E-state index >= 15 is 0 Å². The van der Waals surface area contributed by atoms with Crippen molar-refractivity contribution in [3.8, 4) is 0 Å². The Morgan fingerprint density at radius 3 is 2.25 bits per heavy atom. The van der Waals surface area contributed by atoms with Crippen molar-refractivity contribution in [2.75, 3.05) is 18.1 Å². The first-order valence-corrected chi connectivity index (χ1v) is 8.92. The molecule has 0 aromatic heterocycles. The van der Waals surface area contributed by atoms with Crippen molar-refractivity contribution in [2.45, 2.75) is 46.5 Å². The molecular formula is C14H24O5S. The highest BCUT2D eigenvalue weighted by atomic mass is 32.2. The number of esters is 1. The molecule has 0 atom stereocenters. The van der Waals surface area contributed by atoms with Gasteiger partial charge in [0.05, 0.1) is 12.4 Å². The second kappa shape index (κ2) is 6.70. The first-order chi connectivity index (χ1) is 9.19. The van der Waals surface area contributed by atoms with Crippen LogP contribution in [0.2, 0.25) is 0 Å². The SMILES string of the molecule is CCOC(=O)C(C)(C)C(=O)CS(=O)(=O)CC1CCCC1. The maximum absolute atomic E-state index is 12.1. The Bertz CT molecular complexity index is 458. The van der Waals surface area contributed by atoms with Crippen LogP contribution in [-0.4, -0.2) is 38.3 Å². The van der Waals surface area contributed by atoms with Crippen LogP contribution in [0.5, 0.6) is 0 Å². The zero-order valence-corrected chi connectivity index (χ0v) is 13.3. The lowest BCUT2D eigenvalue weighted by atomic mass is 9.89. The third-order valence-corrected chi connectivity index (χ3v) is 5.48. The highest BCUT2D eigenvalue weighted by Gasteiger charge is 2.39. The van der Waals surface area contributed by atoms with Gasteiger partial charge in [0.1, 0.15) is 11.2 Å². The summed E-state index contributed by atoms with van der Waals surface area (Å²) in [6.45, 7) is 4.65. The molecule has 20 heavy (non-hydrogen) atoms. The van der Waals surface area contributed by atoms with Gasteiger partial charge in [0.15, 0.2) is 15.6 Å². The Morgan fingerprint density at radius 1 is 1.20 bits per heavy atom. The van der Waals surface area contributed by atoms with Gasteiger partial charge in [0, 0.05) is 0 Å². The quantitative estimate of drug-likeness (QED) is 0.529. The number of sulfone groups is 1. The molecule has 0 aromatic carbocycles. The van der Waals surface area contributed by atoms with Gasteiger partial charge < -0.3 is 4.74 Å². The van der Waals surface area contributed by atoms with E-state index < -0.39 is 32.8 Å². The largest absolute Gasteiger partial charge is 0.465 e. The lowest BCUT2D eigenvalue weighted by Gasteiger charge is -2.21. The molecule has 0 radical (unpaired) electrons. The Labute approximate surface area is 121 Å². The topological polar surface area (TPSA) is 77.5 Å². The summed E-state index contributed by atoms with van der Waals surface area (Å²) >= 11 is 0. The second-order valence-corrected chi connectivity index (χ2v) is 8.08. The Kier molecular flexibility index (Phi) is 5.74. The molecule has 116 valence electrons. The molecule has 0 aliphatic heterocycles. The van der Waals surface area contributed by atoms with Gasteiger partial charge in [-0.05, 0) is 39.5 Å². The number of Topliss-reactive ketones (excluding diaryl/α,β-unsaturated/α-hetero) is 1. The number of hydrogen-bond acceptors (Lipinski definition) is 5. The van der Waals surface area contributed by atoms with Gasteiger partial charge in [-0.2, -0.15) is 0 Å². The molecule has 1 aliphatic carbocycles. The molecule has 0 N–H and O–H groups in total. The number of hydrogen-bond donors (Lipinski definition) is 0. The smallest absolute Gasteiger partial charge is 0.319 e. The second-order valence-electron chi connectivity index (χ2n) is 5.97. The van der Waals surface area contributed by atoms with Gasteiger partial charge in [-0.3, -0.25) is 9.59 Å². The fourth-order valence-corrected chi connectivity index (χ4v) is 4.33. The summed E-state index contributed by atoms with van der Waals surface area (Å²) in [7, 11) is -3.45. The summed E-state index contributed by atoms with van der Waals surface area (Å²) in [4.78, 5) is 23.8. The van der Waals surface area contributed by atoms with Gasteiger partial charge in [0.25, 0.3) is 0 Å². The molecule has 0 spiro atoms. The zero-order valence-electron chi connectivity index (χ0n) is 12.5. The normalized spacial score (nSPS) is 17.1. The third-order valence-electron chi connectivity index (χ3n) is 3.80. The molecule has 1 rings (SSSR count). The summed E-state index contributed by atoms with van der Waals surface area (Å²) < 4.78 is 28.9. The van der Waals surface area contributed by atoms with Crippen LogP contribution in [0, 0.1) is 11.3 Å². The van der Waals surface area contributed by atoms with E-state index in [0.717, 1.165) is 25.7 Å². The van der Waals surface area contributed by atoms with Crippen molar-refractivity contribution < 1.29 is 22.7 Å². The zero-order chi connectivity index (χ0) is 15.4. The molecule has 0 saturated heterocycles. The summed E-state index contributed by atoms with van der Waals surface area (Å²) in [5, 5.41) is 0. The number of ketones is 1. The van der Waals surface area contributed by atoms with E-state index in [1.165, 1.54) is 13.8 Å². The van der Waals surface area contributed by atoms with E-state index in [-0.39, 0.29) is 18.3 Å². The number of carbonyl (C=O) groups excluding carboxylic acids is 2. The molecule has 0 amide bonds. The molecule has 0 heterocycles. The van der Waals surface area contributed by atoms with Crippen LogP contribution in [0.3, 0.4) is 0 Å². The number of rotatable bonds is 7. The van der Waals surface area contributed by atoms with E-state index in [1.54, 1.807) is 6.92 Å². The molecule has 1 saturated carbocycles. The molecule has 5 nitrogen and oxygen atoms in total. The summed E-state index contributed by atoms with van der Waals surface area (Å²) in [5.74, 6) is -1.61. The van der Waals surface area contributed by atoms with Crippen LogP contribution < -0.4 is 0 Å². The molecule has 1 fully saturated rings. The van der Waals surface area contributed by atoms with E-state index in [4.69, 9.17) is 4.74 Å². The predicted molar refractivity (Wildman–Crippen MR) is 76.0 cm³/mol. The van der Waals surface area contributed by atoms with Crippen LogP contribution >= 0.6 is 0 Å². The first kappa shape index (κ1) is 17.1. The molecule has 6 heteroatoms. The molecule has 0 aromatic rings. The van der Waals surface area contributed by atoms with Crippen LogP contribution in [0.4, 0.5) is 0 Å². The van der Waals surface area contributed by atoms with Gasteiger partial charge in [-0.15, -0.1) is 0 Å². The van der Waals surface area contributed by atoms with Crippen molar-refractivity contribution in [2.24, 2.45) is 11.3 Å². The Balaban J connectivity index is 2.65. The van der Waals surface area contributed by atoms with Crippen LogP contribution in [0.1, 0.15) is 46.5 Å². The summed E-state index contributed by atoms with van der Waals surface area (Å²) in [6, 6.07) is 0. The minimum atomic E-state index is -3.45. The van der Waals surface area contributed by atoms with Gasteiger partial charge in [-0.1, -0.05) is 12.8 Å². The maximum Gasteiger partial charge on any atom is 0.319 e. The van der Waals surface area contributed by atoms with Crippen LogP contribution in [-0.2, 0) is 24.2 Å². The number of carbonyl (C=O) groups is 2. The monoisotopic (exact) mass is 304 g/mol. The molecule has 0 unspecified atom stereocenters. The van der Waals surface area contributed by atoms with Crippen molar-refractivity contribution in [1.82, 2.24) is 0 Å². The molecular weight excluding hydrogens is 280 g/mol. The Morgan fingerprint density at radius 2 is 1.75 bits per heavy atom. The van der Waals surface area contributed by atoms with Crippen molar-refractivity contribution >= 4 is 21.6 Å². The predicted octanol–water partition coefficient (Wildman–Crippen LogP) is 1.75. The van der Waals surface area contributed by atoms with Crippen molar-refractivity contribution in [3.05, 3.63) is 0 Å². The van der Waals surface area contributed by atoms with E-state index in [2.05, 4.69) is 0 Å². The highest BCUT2D eigenvalue weighted by molar-refractivity contribution is 7.92. The van der Waals surface area contributed by atoms with E-state index in [1.807, 2.05) is 0 Å². The Hall–Kier alpha value is -0.910. The average Bonchev–Trinajstić information content (AvgIpc) is 2.80. The summed E-state index contributed by atoms with van der Waals surface area (Å²) in [5.41, 5.74) is -1.40. The first-order valence-electron chi connectivity index (χ1n) is 7.10. The maximum atomic E-state index is 12.1. The van der Waals surface area contributed by atoms with Gasteiger partial charge in [0.2, 0.25) is 0 Å². The fraction of sp³-hybridized carbons (Fsp3) is 0.857. The van der Waals surface area contributed by atoms with Crippen LogP contribution in [0.15, 0.2) is 0 Å². The molecule has 0 bridgehead atoms. The lowest BCUT2D eigenvalue weighted by Crippen LogP contribution is -2.39. The van der Waals surface area contributed by atoms with Crippen LogP contribution in [0.25, 0.3) is 0 Å². The number of ether oxygens (including phenoxy) is 1. The third kappa shape index (κ3) is 4.58.